The number of thioether (sulfide) groups is 1. The SMILES string of the molecule is Cc1cc(NCCSC(F)(F)F)c(C(N)=S)c(C)n1. The Balaban J connectivity index is 2.75. The maximum atomic E-state index is 12.0. The highest BCUT2D eigenvalue weighted by Crippen LogP contribution is 2.29. The van der Waals surface area contributed by atoms with Gasteiger partial charge in [-0.25, -0.2) is 0 Å². The van der Waals surface area contributed by atoms with Gasteiger partial charge in [-0.3, -0.25) is 4.98 Å². The number of nitrogens with zero attached hydrogens (tertiary/aromatic N) is 1. The number of hydrogen-bond donors (Lipinski definition) is 2. The second-order valence-electron chi connectivity index (χ2n) is 3.86. The minimum atomic E-state index is -4.21. The number of pyridine rings is 1. The van der Waals surface area contributed by atoms with Crippen molar-refractivity contribution < 1.29 is 13.2 Å². The maximum absolute atomic E-state index is 12.0. The van der Waals surface area contributed by atoms with E-state index in [1.807, 2.05) is 0 Å². The van der Waals surface area contributed by atoms with Crippen LogP contribution in [0.3, 0.4) is 0 Å². The molecule has 3 nitrogen and oxygen atoms in total. The van der Waals surface area contributed by atoms with Crippen LogP contribution in [0, 0.1) is 13.8 Å². The van der Waals surface area contributed by atoms with E-state index in [2.05, 4.69) is 10.3 Å². The van der Waals surface area contributed by atoms with Gasteiger partial charge in [0.2, 0.25) is 0 Å². The summed E-state index contributed by atoms with van der Waals surface area (Å²) < 4.78 is 36.0. The fourth-order valence-electron chi connectivity index (χ4n) is 1.63. The van der Waals surface area contributed by atoms with Crippen LogP contribution in [0.15, 0.2) is 6.07 Å². The third-order valence-corrected chi connectivity index (χ3v) is 3.20. The Kier molecular flexibility index (Phi) is 5.42. The number of alkyl halides is 3. The molecule has 1 heterocycles. The van der Waals surface area contributed by atoms with Crippen LogP contribution in [0.4, 0.5) is 18.9 Å². The molecule has 1 aromatic rings. The van der Waals surface area contributed by atoms with Gasteiger partial charge in [-0.05, 0) is 31.7 Å². The van der Waals surface area contributed by atoms with E-state index in [-0.39, 0.29) is 29.0 Å². The van der Waals surface area contributed by atoms with Crippen molar-refractivity contribution in [3.8, 4) is 0 Å². The Morgan fingerprint density at radius 2 is 2.11 bits per heavy atom. The second-order valence-corrected chi connectivity index (χ2v) is 5.46. The van der Waals surface area contributed by atoms with E-state index in [4.69, 9.17) is 18.0 Å². The molecule has 0 aliphatic rings. The first-order valence-corrected chi connectivity index (χ1v) is 6.82. The van der Waals surface area contributed by atoms with Crippen molar-refractivity contribution in [3.63, 3.8) is 0 Å². The fourth-order valence-corrected chi connectivity index (χ4v) is 2.32. The summed E-state index contributed by atoms with van der Waals surface area (Å²) >= 11 is 4.86. The lowest BCUT2D eigenvalue weighted by Gasteiger charge is -2.14. The van der Waals surface area contributed by atoms with Crippen molar-refractivity contribution in [2.45, 2.75) is 19.4 Å². The standard InChI is InChI=1S/C11H14F3N3S2/c1-6-5-8(9(10(15)18)7(2)17-6)16-3-4-19-11(12,13)14/h5H,3-4H2,1-2H3,(H2,15,18)(H,16,17). The van der Waals surface area contributed by atoms with E-state index in [1.54, 1.807) is 19.9 Å². The Labute approximate surface area is 119 Å². The highest BCUT2D eigenvalue weighted by atomic mass is 32.2. The Hall–Kier alpha value is -1.02. The molecular weight excluding hydrogens is 295 g/mol. The monoisotopic (exact) mass is 309 g/mol. The number of nitrogens with two attached hydrogens (primary N) is 1. The van der Waals surface area contributed by atoms with Gasteiger partial charge in [-0.2, -0.15) is 13.2 Å². The zero-order chi connectivity index (χ0) is 14.6. The lowest BCUT2D eigenvalue weighted by Crippen LogP contribution is -2.18. The molecule has 3 N–H and O–H groups in total. The van der Waals surface area contributed by atoms with Crippen molar-refractivity contribution >= 4 is 34.7 Å². The lowest BCUT2D eigenvalue weighted by molar-refractivity contribution is -0.0327. The largest absolute Gasteiger partial charge is 0.441 e. The van der Waals surface area contributed by atoms with E-state index >= 15 is 0 Å². The van der Waals surface area contributed by atoms with E-state index in [9.17, 15) is 13.2 Å². The average molecular weight is 309 g/mol. The van der Waals surface area contributed by atoms with E-state index in [1.165, 1.54) is 0 Å². The minimum absolute atomic E-state index is 0.0668. The summed E-state index contributed by atoms with van der Waals surface area (Å²) in [6.45, 7) is 3.73. The zero-order valence-electron chi connectivity index (χ0n) is 10.5. The van der Waals surface area contributed by atoms with Crippen LogP contribution in [0.2, 0.25) is 0 Å². The maximum Gasteiger partial charge on any atom is 0.441 e. The number of halogens is 3. The van der Waals surface area contributed by atoms with Crippen LogP contribution >= 0.6 is 24.0 Å². The average Bonchev–Trinajstić information content (AvgIpc) is 2.21. The summed E-state index contributed by atoms with van der Waals surface area (Å²) in [5, 5.41) is 2.92. The summed E-state index contributed by atoms with van der Waals surface area (Å²) in [4.78, 5) is 4.41. The smallest absolute Gasteiger partial charge is 0.389 e. The molecule has 0 fully saturated rings. The number of thiocarbonyl (C=S) groups is 1. The normalized spacial score (nSPS) is 11.4. The second kappa shape index (κ2) is 6.42. The third kappa shape index (κ3) is 5.23. The van der Waals surface area contributed by atoms with Crippen LogP contribution in [0.1, 0.15) is 17.0 Å². The summed E-state index contributed by atoms with van der Waals surface area (Å²) in [7, 11) is 0. The predicted octanol–water partition coefficient (Wildman–Crippen LogP) is 3.00. The molecule has 0 radical (unpaired) electrons. The van der Waals surface area contributed by atoms with E-state index in [0.717, 1.165) is 5.69 Å². The molecule has 0 aliphatic carbocycles. The molecule has 1 rings (SSSR count). The summed E-state index contributed by atoms with van der Waals surface area (Å²) in [5.74, 6) is -0.0826. The number of aryl methyl sites for hydroxylation is 2. The Morgan fingerprint density at radius 3 is 2.63 bits per heavy atom. The van der Waals surface area contributed by atoms with Gasteiger partial charge in [-0.1, -0.05) is 12.2 Å². The van der Waals surface area contributed by atoms with Crippen molar-refractivity contribution in [1.29, 1.82) is 0 Å². The molecule has 106 valence electrons. The van der Waals surface area contributed by atoms with Crippen LogP contribution in [0.5, 0.6) is 0 Å². The molecule has 0 saturated heterocycles. The molecule has 1 aromatic heterocycles. The molecule has 0 aromatic carbocycles. The zero-order valence-corrected chi connectivity index (χ0v) is 12.1. The Bertz CT molecular complexity index is 475. The molecule has 8 heteroatoms. The minimum Gasteiger partial charge on any atom is -0.389 e. The summed E-state index contributed by atoms with van der Waals surface area (Å²) in [6.07, 6.45) is 0. The lowest BCUT2D eigenvalue weighted by atomic mass is 10.1. The fraction of sp³-hybridized carbons (Fsp3) is 0.455. The van der Waals surface area contributed by atoms with Gasteiger partial charge in [0.25, 0.3) is 0 Å². The Morgan fingerprint density at radius 1 is 1.47 bits per heavy atom. The quantitative estimate of drug-likeness (QED) is 0.647. The van der Waals surface area contributed by atoms with Gasteiger partial charge in [0.1, 0.15) is 4.99 Å². The summed E-state index contributed by atoms with van der Waals surface area (Å²) in [5.41, 5.74) is 4.02. The van der Waals surface area contributed by atoms with E-state index < -0.39 is 5.51 Å². The third-order valence-electron chi connectivity index (χ3n) is 2.26. The van der Waals surface area contributed by atoms with Crippen molar-refractivity contribution in [2.75, 3.05) is 17.6 Å². The highest BCUT2D eigenvalue weighted by molar-refractivity contribution is 8.00. The first-order chi connectivity index (χ1) is 8.70. The van der Waals surface area contributed by atoms with Gasteiger partial charge in [0, 0.05) is 29.4 Å². The van der Waals surface area contributed by atoms with Crippen LogP contribution in [-0.2, 0) is 0 Å². The molecule has 0 aliphatic heterocycles. The molecule has 0 saturated carbocycles. The topological polar surface area (TPSA) is 50.9 Å². The van der Waals surface area contributed by atoms with Crippen molar-refractivity contribution in [1.82, 2.24) is 4.98 Å². The number of hydrogen-bond acceptors (Lipinski definition) is 4. The van der Waals surface area contributed by atoms with Gasteiger partial charge in [0.15, 0.2) is 0 Å². The molecule has 0 spiro atoms. The molecule has 0 unspecified atom stereocenters. The van der Waals surface area contributed by atoms with Gasteiger partial charge in [-0.15, -0.1) is 0 Å². The first kappa shape index (κ1) is 16.0. The number of nitrogens with one attached hydrogen (secondary N) is 1. The van der Waals surface area contributed by atoms with Crippen LogP contribution < -0.4 is 11.1 Å². The molecule has 0 amide bonds. The van der Waals surface area contributed by atoms with Crippen LogP contribution in [-0.4, -0.2) is 27.8 Å². The predicted molar refractivity (Wildman–Crippen MR) is 76.6 cm³/mol. The van der Waals surface area contributed by atoms with Gasteiger partial charge >= 0.3 is 5.51 Å². The molecular formula is C11H14F3N3S2. The van der Waals surface area contributed by atoms with Crippen LogP contribution in [0.25, 0.3) is 0 Å². The number of aromatic nitrogens is 1. The van der Waals surface area contributed by atoms with Gasteiger partial charge in [0.05, 0.1) is 5.56 Å². The van der Waals surface area contributed by atoms with Crippen molar-refractivity contribution in [3.05, 3.63) is 23.0 Å². The highest BCUT2D eigenvalue weighted by Gasteiger charge is 2.27. The summed E-state index contributed by atoms with van der Waals surface area (Å²) in [6, 6.07) is 1.72. The number of rotatable bonds is 5. The first-order valence-electron chi connectivity index (χ1n) is 5.43. The molecule has 19 heavy (non-hydrogen) atoms. The molecule has 0 bridgehead atoms. The number of anilines is 1. The van der Waals surface area contributed by atoms with E-state index in [0.29, 0.717) is 16.9 Å². The van der Waals surface area contributed by atoms with Gasteiger partial charge < -0.3 is 11.1 Å². The molecule has 0 atom stereocenters. The van der Waals surface area contributed by atoms with Crippen molar-refractivity contribution in [2.24, 2.45) is 5.73 Å².